The summed E-state index contributed by atoms with van der Waals surface area (Å²) in [6, 6.07) is 5.54. The first-order chi connectivity index (χ1) is 11.8. The molecule has 0 aliphatic heterocycles. The Hall–Kier alpha value is -2.17. The molecule has 2 aliphatic carbocycles. The highest BCUT2D eigenvalue weighted by Crippen LogP contribution is 2.45. The standard InChI is InChI=1S/C21H25NO3/c1-13(2)21(25)12-16(17-6-4-5-9-22-17)11-19(24)20(21)15-7-8-18(23)14(3)10-15/h4-6,9-12,15,18,20,23-25H,1,7-8H2,2-3H3/t15?,18?,20-,21?/m0/s1. The molecule has 0 radical (unpaired) electrons. The van der Waals surface area contributed by atoms with Crippen molar-refractivity contribution in [3.05, 3.63) is 71.8 Å². The molecule has 2 aliphatic rings. The number of hydrogen-bond donors (Lipinski definition) is 3. The Kier molecular flexibility index (Phi) is 4.67. The molecule has 1 aromatic rings. The molecule has 4 nitrogen and oxygen atoms in total. The second kappa shape index (κ2) is 6.62. The van der Waals surface area contributed by atoms with Crippen LogP contribution in [0.5, 0.6) is 0 Å². The fraction of sp³-hybridized carbons (Fsp3) is 0.381. The minimum Gasteiger partial charge on any atom is -0.512 e. The number of nitrogens with zero attached hydrogens (tertiary/aromatic N) is 1. The van der Waals surface area contributed by atoms with Crippen LogP contribution in [0.1, 0.15) is 32.4 Å². The Labute approximate surface area is 148 Å². The largest absolute Gasteiger partial charge is 0.512 e. The van der Waals surface area contributed by atoms with Gasteiger partial charge < -0.3 is 15.3 Å². The smallest absolute Gasteiger partial charge is 0.115 e. The van der Waals surface area contributed by atoms with Crippen molar-refractivity contribution in [1.82, 2.24) is 4.98 Å². The molecule has 1 aromatic heterocycles. The van der Waals surface area contributed by atoms with E-state index in [1.807, 2.05) is 31.2 Å². The number of aliphatic hydroxyl groups is 3. The summed E-state index contributed by atoms with van der Waals surface area (Å²) in [7, 11) is 0. The first-order valence-corrected chi connectivity index (χ1v) is 8.62. The van der Waals surface area contributed by atoms with Gasteiger partial charge in [-0.1, -0.05) is 18.7 Å². The lowest BCUT2D eigenvalue weighted by atomic mass is 9.67. The number of aromatic nitrogens is 1. The molecule has 0 saturated carbocycles. The van der Waals surface area contributed by atoms with E-state index < -0.39 is 17.6 Å². The van der Waals surface area contributed by atoms with Crippen LogP contribution in [0.25, 0.3) is 5.57 Å². The second-order valence-corrected chi connectivity index (χ2v) is 7.13. The van der Waals surface area contributed by atoms with Gasteiger partial charge in [0, 0.05) is 11.8 Å². The van der Waals surface area contributed by atoms with Gasteiger partial charge in [0.1, 0.15) is 11.4 Å². The lowest BCUT2D eigenvalue weighted by Crippen LogP contribution is -2.44. The van der Waals surface area contributed by atoms with E-state index in [0.717, 1.165) is 5.57 Å². The van der Waals surface area contributed by atoms with E-state index in [1.165, 1.54) is 0 Å². The molecule has 0 aromatic carbocycles. The number of aliphatic hydroxyl groups excluding tert-OH is 2. The van der Waals surface area contributed by atoms with Crippen molar-refractivity contribution >= 4 is 5.57 Å². The van der Waals surface area contributed by atoms with E-state index in [9.17, 15) is 15.3 Å². The molecule has 0 spiro atoms. The fourth-order valence-corrected chi connectivity index (χ4v) is 3.83. The Morgan fingerprint density at radius 3 is 2.68 bits per heavy atom. The van der Waals surface area contributed by atoms with Gasteiger partial charge in [-0.2, -0.15) is 0 Å². The van der Waals surface area contributed by atoms with Gasteiger partial charge in [0.15, 0.2) is 0 Å². The highest BCUT2D eigenvalue weighted by Gasteiger charge is 2.45. The molecule has 25 heavy (non-hydrogen) atoms. The lowest BCUT2D eigenvalue weighted by Gasteiger charge is -2.42. The Morgan fingerprint density at radius 2 is 2.08 bits per heavy atom. The van der Waals surface area contributed by atoms with Crippen LogP contribution in [0, 0.1) is 11.8 Å². The van der Waals surface area contributed by atoms with E-state index in [4.69, 9.17) is 0 Å². The summed E-state index contributed by atoms with van der Waals surface area (Å²) in [6.45, 7) is 7.62. The summed E-state index contributed by atoms with van der Waals surface area (Å²) in [5.74, 6) is -0.457. The summed E-state index contributed by atoms with van der Waals surface area (Å²) in [6.07, 6.45) is 7.96. The van der Waals surface area contributed by atoms with Gasteiger partial charge in [-0.05, 0) is 68.0 Å². The van der Waals surface area contributed by atoms with E-state index in [-0.39, 0.29) is 11.7 Å². The zero-order valence-corrected chi connectivity index (χ0v) is 14.7. The SMILES string of the molecule is C=C(C)C1(O)C=C(c2ccccn2)C=C(O)[C@@H]1C1C=C(C)C(O)CC1. The number of rotatable bonds is 3. The first-order valence-electron chi connectivity index (χ1n) is 8.62. The molecule has 3 N–H and O–H groups in total. The number of pyridine rings is 1. The third kappa shape index (κ3) is 3.20. The van der Waals surface area contributed by atoms with Crippen LogP contribution in [0.3, 0.4) is 0 Å². The van der Waals surface area contributed by atoms with Crippen molar-refractivity contribution in [2.75, 3.05) is 0 Å². The van der Waals surface area contributed by atoms with Crippen molar-refractivity contribution in [3.8, 4) is 0 Å². The number of hydrogen-bond acceptors (Lipinski definition) is 4. The Morgan fingerprint density at radius 1 is 1.32 bits per heavy atom. The highest BCUT2D eigenvalue weighted by molar-refractivity contribution is 5.75. The van der Waals surface area contributed by atoms with Crippen LogP contribution in [0.4, 0.5) is 0 Å². The molecule has 4 atom stereocenters. The Balaban J connectivity index is 2.05. The zero-order chi connectivity index (χ0) is 18.2. The topological polar surface area (TPSA) is 73.6 Å². The summed E-state index contributed by atoms with van der Waals surface area (Å²) >= 11 is 0. The lowest BCUT2D eigenvalue weighted by molar-refractivity contribution is 0.0303. The molecular weight excluding hydrogens is 314 g/mol. The van der Waals surface area contributed by atoms with Gasteiger partial charge >= 0.3 is 0 Å². The average Bonchev–Trinajstić information content (AvgIpc) is 2.58. The van der Waals surface area contributed by atoms with Crippen LogP contribution in [-0.2, 0) is 0 Å². The second-order valence-electron chi connectivity index (χ2n) is 7.13. The molecule has 0 amide bonds. The van der Waals surface area contributed by atoms with E-state index >= 15 is 0 Å². The molecule has 0 bridgehead atoms. The van der Waals surface area contributed by atoms with Crippen LogP contribution in [0.2, 0.25) is 0 Å². The van der Waals surface area contributed by atoms with E-state index in [2.05, 4.69) is 11.6 Å². The van der Waals surface area contributed by atoms with E-state index in [1.54, 1.807) is 25.3 Å². The van der Waals surface area contributed by atoms with Crippen LogP contribution >= 0.6 is 0 Å². The molecule has 0 fully saturated rings. The third-order valence-corrected chi connectivity index (χ3v) is 5.32. The van der Waals surface area contributed by atoms with Gasteiger partial charge in [0.2, 0.25) is 0 Å². The van der Waals surface area contributed by atoms with Gasteiger partial charge in [0.05, 0.1) is 17.7 Å². The van der Waals surface area contributed by atoms with Gasteiger partial charge in [-0.25, -0.2) is 0 Å². The average molecular weight is 339 g/mol. The monoisotopic (exact) mass is 339 g/mol. The normalized spacial score (nSPS) is 32.5. The first kappa shape index (κ1) is 17.6. The van der Waals surface area contributed by atoms with Crippen LogP contribution in [0.15, 0.2) is 66.1 Å². The summed E-state index contributed by atoms with van der Waals surface area (Å²) in [5.41, 5.74) is 1.46. The van der Waals surface area contributed by atoms with Crippen LogP contribution < -0.4 is 0 Å². The third-order valence-electron chi connectivity index (χ3n) is 5.32. The predicted octanol–water partition coefficient (Wildman–Crippen LogP) is 3.56. The zero-order valence-electron chi connectivity index (χ0n) is 14.7. The summed E-state index contributed by atoms with van der Waals surface area (Å²) < 4.78 is 0. The van der Waals surface area contributed by atoms with Crippen LogP contribution in [-0.4, -0.2) is 32.0 Å². The van der Waals surface area contributed by atoms with Crippen molar-refractivity contribution in [2.24, 2.45) is 11.8 Å². The minimum atomic E-state index is -1.37. The van der Waals surface area contributed by atoms with E-state index in [0.29, 0.717) is 29.7 Å². The maximum atomic E-state index is 11.4. The maximum Gasteiger partial charge on any atom is 0.115 e. The Bertz CT molecular complexity index is 763. The summed E-state index contributed by atoms with van der Waals surface area (Å²) in [5, 5.41) is 32.2. The summed E-state index contributed by atoms with van der Waals surface area (Å²) in [4.78, 5) is 4.31. The van der Waals surface area contributed by atoms with Gasteiger partial charge in [0.25, 0.3) is 0 Å². The molecular formula is C21H25NO3. The highest BCUT2D eigenvalue weighted by atomic mass is 16.3. The van der Waals surface area contributed by atoms with Crippen molar-refractivity contribution in [2.45, 2.75) is 38.4 Å². The molecule has 3 unspecified atom stereocenters. The predicted molar refractivity (Wildman–Crippen MR) is 98.7 cm³/mol. The minimum absolute atomic E-state index is 0.0668. The quantitative estimate of drug-likeness (QED) is 0.736. The molecule has 3 rings (SSSR count). The number of allylic oxidation sites excluding steroid dienone is 3. The van der Waals surface area contributed by atoms with Crippen molar-refractivity contribution in [3.63, 3.8) is 0 Å². The van der Waals surface area contributed by atoms with Crippen molar-refractivity contribution in [1.29, 1.82) is 0 Å². The molecule has 1 heterocycles. The fourth-order valence-electron chi connectivity index (χ4n) is 3.83. The maximum absolute atomic E-state index is 11.4. The molecule has 0 saturated heterocycles. The van der Waals surface area contributed by atoms with Gasteiger partial charge in [-0.15, -0.1) is 0 Å². The molecule has 132 valence electrons. The van der Waals surface area contributed by atoms with Gasteiger partial charge in [-0.3, -0.25) is 4.98 Å². The molecule has 4 heteroatoms. The van der Waals surface area contributed by atoms with Crippen molar-refractivity contribution < 1.29 is 15.3 Å².